The summed E-state index contributed by atoms with van der Waals surface area (Å²) in [7, 11) is 0. The van der Waals surface area contributed by atoms with Gasteiger partial charge in [0.2, 0.25) is 0 Å². The molecule has 4 heteroatoms. The van der Waals surface area contributed by atoms with Crippen molar-refractivity contribution in [3.05, 3.63) is 12.4 Å². The van der Waals surface area contributed by atoms with Crippen LogP contribution >= 0.6 is 11.8 Å². The standard InChI is InChI=1S/C9H15N3S/c1-3-7(2)6-13-9-11-4-8(10)5-12-9/h4-5,7H,3,6,10H2,1-2H3. The third kappa shape index (κ3) is 3.63. The summed E-state index contributed by atoms with van der Waals surface area (Å²) in [6.45, 7) is 4.42. The molecule has 0 radical (unpaired) electrons. The fourth-order valence-electron chi connectivity index (χ4n) is 0.735. The van der Waals surface area contributed by atoms with E-state index in [1.165, 1.54) is 6.42 Å². The van der Waals surface area contributed by atoms with E-state index in [1.807, 2.05) is 0 Å². The quantitative estimate of drug-likeness (QED) is 0.594. The van der Waals surface area contributed by atoms with Gasteiger partial charge in [-0.2, -0.15) is 0 Å². The molecule has 1 unspecified atom stereocenters. The summed E-state index contributed by atoms with van der Waals surface area (Å²) in [5.41, 5.74) is 6.09. The van der Waals surface area contributed by atoms with E-state index in [-0.39, 0.29) is 0 Å². The Bertz CT molecular complexity index is 248. The van der Waals surface area contributed by atoms with E-state index in [4.69, 9.17) is 5.73 Å². The van der Waals surface area contributed by atoms with Gasteiger partial charge in [-0.15, -0.1) is 0 Å². The molecule has 0 aromatic carbocycles. The van der Waals surface area contributed by atoms with Gasteiger partial charge in [-0.1, -0.05) is 32.0 Å². The van der Waals surface area contributed by atoms with E-state index < -0.39 is 0 Å². The summed E-state index contributed by atoms with van der Waals surface area (Å²) in [4.78, 5) is 8.22. The first-order valence-corrected chi connectivity index (χ1v) is 5.41. The molecule has 0 fully saturated rings. The highest BCUT2D eigenvalue weighted by molar-refractivity contribution is 7.99. The summed E-state index contributed by atoms with van der Waals surface area (Å²) >= 11 is 1.68. The maximum Gasteiger partial charge on any atom is 0.187 e. The zero-order valence-electron chi connectivity index (χ0n) is 8.03. The average Bonchev–Trinajstić information content (AvgIpc) is 2.16. The lowest BCUT2D eigenvalue weighted by molar-refractivity contribution is 0.636. The van der Waals surface area contributed by atoms with Crippen LogP contribution < -0.4 is 5.73 Å². The molecule has 1 heterocycles. The fourth-order valence-corrected chi connectivity index (χ4v) is 1.66. The Morgan fingerprint density at radius 2 is 2.08 bits per heavy atom. The second-order valence-electron chi connectivity index (χ2n) is 3.12. The number of hydrogen-bond acceptors (Lipinski definition) is 4. The number of nitrogens with zero attached hydrogens (tertiary/aromatic N) is 2. The minimum atomic E-state index is 0.618. The van der Waals surface area contributed by atoms with Crippen molar-refractivity contribution in [2.45, 2.75) is 25.4 Å². The molecule has 3 nitrogen and oxygen atoms in total. The highest BCUT2D eigenvalue weighted by Gasteiger charge is 2.01. The number of rotatable bonds is 4. The Labute approximate surface area is 83.2 Å². The highest BCUT2D eigenvalue weighted by Crippen LogP contribution is 2.17. The first-order valence-electron chi connectivity index (χ1n) is 4.42. The van der Waals surface area contributed by atoms with Crippen molar-refractivity contribution in [1.82, 2.24) is 9.97 Å². The van der Waals surface area contributed by atoms with E-state index in [0.29, 0.717) is 11.6 Å². The Balaban J connectivity index is 2.41. The molecule has 1 atom stereocenters. The van der Waals surface area contributed by atoms with Gasteiger partial charge in [-0.25, -0.2) is 9.97 Å². The molecule has 13 heavy (non-hydrogen) atoms. The van der Waals surface area contributed by atoms with Gasteiger partial charge >= 0.3 is 0 Å². The second kappa shape index (κ2) is 5.07. The number of aromatic nitrogens is 2. The Morgan fingerprint density at radius 1 is 1.46 bits per heavy atom. The third-order valence-electron chi connectivity index (χ3n) is 1.84. The number of nitrogen functional groups attached to an aromatic ring is 1. The minimum Gasteiger partial charge on any atom is -0.396 e. The van der Waals surface area contributed by atoms with Gasteiger partial charge in [-0.3, -0.25) is 0 Å². The number of nitrogens with two attached hydrogens (primary N) is 1. The van der Waals surface area contributed by atoms with Crippen molar-refractivity contribution in [3.63, 3.8) is 0 Å². The van der Waals surface area contributed by atoms with Crippen LogP contribution in [0, 0.1) is 5.92 Å². The van der Waals surface area contributed by atoms with E-state index >= 15 is 0 Å². The zero-order chi connectivity index (χ0) is 9.68. The molecule has 72 valence electrons. The number of thioether (sulfide) groups is 1. The van der Waals surface area contributed by atoms with Crippen molar-refractivity contribution < 1.29 is 0 Å². The van der Waals surface area contributed by atoms with E-state index in [1.54, 1.807) is 24.2 Å². The van der Waals surface area contributed by atoms with Gasteiger partial charge in [0, 0.05) is 5.75 Å². The van der Waals surface area contributed by atoms with Crippen LogP contribution in [0.2, 0.25) is 0 Å². The van der Waals surface area contributed by atoms with Crippen LogP contribution in [-0.4, -0.2) is 15.7 Å². The number of hydrogen-bond donors (Lipinski definition) is 1. The first kappa shape index (κ1) is 10.3. The van der Waals surface area contributed by atoms with Gasteiger partial charge in [0.1, 0.15) is 0 Å². The lowest BCUT2D eigenvalue weighted by Gasteiger charge is -2.05. The normalized spacial score (nSPS) is 12.8. The monoisotopic (exact) mass is 197 g/mol. The van der Waals surface area contributed by atoms with Gasteiger partial charge in [0.25, 0.3) is 0 Å². The Hall–Kier alpha value is -0.770. The Kier molecular flexibility index (Phi) is 4.02. The summed E-state index contributed by atoms with van der Waals surface area (Å²) in [6, 6.07) is 0. The van der Waals surface area contributed by atoms with E-state index in [0.717, 1.165) is 10.9 Å². The molecule has 1 rings (SSSR count). The zero-order valence-corrected chi connectivity index (χ0v) is 8.84. The van der Waals surface area contributed by atoms with Crippen molar-refractivity contribution >= 4 is 17.4 Å². The van der Waals surface area contributed by atoms with Crippen molar-refractivity contribution in [3.8, 4) is 0 Å². The molecule has 0 bridgehead atoms. The third-order valence-corrected chi connectivity index (χ3v) is 3.05. The van der Waals surface area contributed by atoms with Gasteiger partial charge in [0.05, 0.1) is 18.1 Å². The summed E-state index contributed by atoms with van der Waals surface area (Å²) in [5.74, 6) is 1.78. The van der Waals surface area contributed by atoms with Crippen molar-refractivity contribution in [1.29, 1.82) is 0 Å². The molecule has 1 aromatic heterocycles. The van der Waals surface area contributed by atoms with Crippen LogP contribution in [0.1, 0.15) is 20.3 Å². The van der Waals surface area contributed by atoms with Crippen LogP contribution in [0.4, 0.5) is 5.69 Å². The maximum absolute atomic E-state index is 5.47. The van der Waals surface area contributed by atoms with E-state index in [2.05, 4.69) is 23.8 Å². The summed E-state index contributed by atoms with van der Waals surface area (Å²) in [5, 5.41) is 0.814. The van der Waals surface area contributed by atoms with Gasteiger partial charge in [-0.05, 0) is 5.92 Å². The molecule has 0 amide bonds. The summed E-state index contributed by atoms with van der Waals surface area (Å²) < 4.78 is 0. The molecule has 0 saturated carbocycles. The molecule has 0 aliphatic rings. The second-order valence-corrected chi connectivity index (χ2v) is 4.11. The predicted octanol–water partition coefficient (Wildman–Crippen LogP) is 2.20. The molecule has 0 aliphatic carbocycles. The lowest BCUT2D eigenvalue weighted by atomic mass is 10.2. The summed E-state index contributed by atoms with van der Waals surface area (Å²) in [6.07, 6.45) is 4.49. The van der Waals surface area contributed by atoms with Crippen LogP contribution in [0.3, 0.4) is 0 Å². The van der Waals surface area contributed by atoms with E-state index in [9.17, 15) is 0 Å². The molecular weight excluding hydrogens is 182 g/mol. The van der Waals surface area contributed by atoms with Gasteiger partial charge < -0.3 is 5.73 Å². The van der Waals surface area contributed by atoms with Crippen molar-refractivity contribution in [2.24, 2.45) is 5.92 Å². The average molecular weight is 197 g/mol. The molecule has 0 aliphatic heterocycles. The SMILES string of the molecule is CCC(C)CSc1ncc(N)cn1. The minimum absolute atomic E-state index is 0.618. The molecule has 0 saturated heterocycles. The van der Waals surface area contributed by atoms with Crippen LogP contribution in [0.25, 0.3) is 0 Å². The maximum atomic E-state index is 5.47. The largest absolute Gasteiger partial charge is 0.396 e. The molecule has 1 aromatic rings. The van der Waals surface area contributed by atoms with Gasteiger partial charge in [0.15, 0.2) is 5.16 Å². The molecule has 2 N–H and O–H groups in total. The van der Waals surface area contributed by atoms with Crippen LogP contribution in [-0.2, 0) is 0 Å². The molecular formula is C9H15N3S. The fraction of sp³-hybridized carbons (Fsp3) is 0.556. The van der Waals surface area contributed by atoms with Crippen LogP contribution in [0.5, 0.6) is 0 Å². The molecule has 0 spiro atoms. The highest BCUT2D eigenvalue weighted by atomic mass is 32.2. The predicted molar refractivity (Wildman–Crippen MR) is 56.6 cm³/mol. The smallest absolute Gasteiger partial charge is 0.187 e. The lowest BCUT2D eigenvalue weighted by Crippen LogP contribution is -1.97. The Morgan fingerprint density at radius 3 is 2.62 bits per heavy atom. The topological polar surface area (TPSA) is 51.8 Å². The van der Waals surface area contributed by atoms with Crippen LogP contribution in [0.15, 0.2) is 17.6 Å². The van der Waals surface area contributed by atoms with Crippen molar-refractivity contribution in [2.75, 3.05) is 11.5 Å². The first-order chi connectivity index (χ1) is 6.22. The number of anilines is 1.